The van der Waals surface area contributed by atoms with Crippen LogP contribution in [0.5, 0.6) is 0 Å². The minimum absolute atomic E-state index is 0.0781. The molecule has 0 aromatic carbocycles. The van der Waals surface area contributed by atoms with Gasteiger partial charge in [0.1, 0.15) is 5.76 Å². The zero-order valence-corrected chi connectivity index (χ0v) is 11.5. The molecule has 1 saturated heterocycles. The molecule has 3 heterocycles. The summed E-state index contributed by atoms with van der Waals surface area (Å²) in [4.78, 5) is 18.7. The van der Waals surface area contributed by atoms with E-state index in [1.165, 1.54) is 0 Å². The van der Waals surface area contributed by atoms with Gasteiger partial charge in [0.25, 0.3) is 0 Å². The highest BCUT2D eigenvalue weighted by Gasteiger charge is 2.31. The van der Waals surface area contributed by atoms with Crippen molar-refractivity contribution in [3.05, 3.63) is 47.6 Å². The Bertz CT molecular complexity index is 594. The van der Waals surface area contributed by atoms with Crippen LogP contribution in [0.4, 0.5) is 0 Å². The van der Waals surface area contributed by atoms with Crippen LogP contribution in [0.3, 0.4) is 0 Å². The fourth-order valence-electron chi connectivity index (χ4n) is 2.70. The average Bonchev–Trinajstić information content (AvgIpc) is 3.09. The third-order valence-electron chi connectivity index (χ3n) is 3.60. The number of aromatic nitrogens is 2. The summed E-state index contributed by atoms with van der Waals surface area (Å²) in [7, 11) is 0. The van der Waals surface area contributed by atoms with Gasteiger partial charge in [0.05, 0.1) is 23.9 Å². The van der Waals surface area contributed by atoms with E-state index in [0.717, 1.165) is 30.8 Å². The van der Waals surface area contributed by atoms with Gasteiger partial charge in [-0.05, 0) is 31.9 Å². The van der Waals surface area contributed by atoms with Gasteiger partial charge in [0, 0.05) is 18.8 Å². The highest BCUT2D eigenvalue weighted by Crippen LogP contribution is 2.31. The van der Waals surface area contributed by atoms with Crippen molar-refractivity contribution in [3.63, 3.8) is 0 Å². The fourth-order valence-corrected chi connectivity index (χ4v) is 2.70. The number of hydrogen-bond acceptors (Lipinski definition) is 4. The second kappa shape index (κ2) is 5.45. The Morgan fingerprint density at radius 2 is 2.40 bits per heavy atom. The number of carbonyl (C=O) groups excluding carboxylic acids is 1. The average molecular weight is 271 g/mol. The highest BCUT2D eigenvalue weighted by molar-refractivity contribution is 5.78. The lowest BCUT2D eigenvalue weighted by Gasteiger charge is -2.23. The first-order valence-corrected chi connectivity index (χ1v) is 6.86. The van der Waals surface area contributed by atoms with Crippen molar-refractivity contribution in [2.75, 3.05) is 6.54 Å². The van der Waals surface area contributed by atoms with Crippen molar-refractivity contribution in [2.24, 2.45) is 0 Å². The van der Waals surface area contributed by atoms with E-state index in [2.05, 4.69) is 10.1 Å². The zero-order valence-electron chi connectivity index (χ0n) is 11.5. The Balaban J connectivity index is 1.73. The van der Waals surface area contributed by atoms with E-state index in [1.54, 1.807) is 6.20 Å². The first-order valence-electron chi connectivity index (χ1n) is 6.86. The molecule has 104 valence electrons. The van der Waals surface area contributed by atoms with Crippen LogP contribution in [0.25, 0.3) is 0 Å². The minimum atomic E-state index is 0.0781. The summed E-state index contributed by atoms with van der Waals surface area (Å²) in [5.74, 6) is 0.702. The molecule has 20 heavy (non-hydrogen) atoms. The monoisotopic (exact) mass is 271 g/mol. The molecule has 0 N–H and O–H groups in total. The van der Waals surface area contributed by atoms with Crippen LogP contribution in [-0.2, 0) is 11.2 Å². The zero-order chi connectivity index (χ0) is 13.9. The number of rotatable bonds is 3. The second-order valence-corrected chi connectivity index (χ2v) is 5.11. The quantitative estimate of drug-likeness (QED) is 0.859. The molecule has 1 atom stereocenters. The molecular weight excluding hydrogens is 254 g/mol. The number of carbonyl (C=O) groups is 1. The van der Waals surface area contributed by atoms with Gasteiger partial charge in [-0.25, -0.2) is 0 Å². The van der Waals surface area contributed by atoms with Crippen LogP contribution >= 0.6 is 0 Å². The summed E-state index contributed by atoms with van der Waals surface area (Å²) in [6, 6.07) is 7.73. The number of aryl methyl sites for hydroxylation is 1. The standard InChI is InChI=1S/C15H17N3O2/c1-11-9-12(20-17-11)10-15(19)18-8-4-6-14(18)13-5-2-3-7-16-13/h2-3,5,7,9,14H,4,6,8,10H2,1H3/t14-/m1/s1. The molecular formula is C15H17N3O2. The largest absolute Gasteiger partial charge is 0.361 e. The molecule has 1 aliphatic rings. The van der Waals surface area contributed by atoms with Crippen LogP contribution in [-0.4, -0.2) is 27.5 Å². The summed E-state index contributed by atoms with van der Waals surface area (Å²) >= 11 is 0. The highest BCUT2D eigenvalue weighted by atomic mass is 16.5. The minimum Gasteiger partial charge on any atom is -0.361 e. The van der Waals surface area contributed by atoms with E-state index in [0.29, 0.717) is 5.76 Å². The van der Waals surface area contributed by atoms with Gasteiger partial charge in [-0.15, -0.1) is 0 Å². The van der Waals surface area contributed by atoms with Crippen LogP contribution in [0.15, 0.2) is 35.0 Å². The molecule has 2 aromatic heterocycles. The Morgan fingerprint density at radius 1 is 1.50 bits per heavy atom. The lowest BCUT2D eigenvalue weighted by atomic mass is 10.1. The molecule has 1 aliphatic heterocycles. The Morgan fingerprint density at radius 3 is 3.10 bits per heavy atom. The molecule has 0 spiro atoms. The molecule has 1 amide bonds. The molecule has 2 aromatic rings. The molecule has 0 saturated carbocycles. The van der Waals surface area contributed by atoms with Crippen molar-refractivity contribution < 1.29 is 9.32 Å². The van der Waals surface area contributed by atoms with Crippen molar-refractivity contribution in [3.8, 4) is 0 Å². The summed E-state index contributed by atoms with van der Waals surface area (Å²) < 4.78 is 5.12. The van der Waals surface area contributed by atoms with E-state index in [-0.39, 0.29) is 18.4 Å². The lowest BCUT2D eigenvalue weighted by Crippen LogP contribution is -2.32. The smallest absolute Gasteiger partial charge is 0.230 e. The van der Waals surface area contributed by atoms with Gasteiger partial charge in [-0.2, -0.15) is 0 Å². The summed E-state index contributed by atoms with van der Waals surface area (Å²) in [6.45, 7) is 2.64. The van der Waals surface area contributed by atoms with Crippen LogP contribution in [0, 0.1) is 6.92 Å². The van der Waals surface area contributed by atoms with Crippen molar-refractivity contribution in [1.29, 1.82) is 0 Å². The number of hydrogen-bond donors (Lipinski definition) is 0. The van der Waals surface area contributed by atoms with E-state index in [9.17, 15) is 4.79 Å². The molecule has 5 heteroatoms. The predicted octanol–water partition coefficient (Wildman–Crippen LogP) is 2.28. The molecule has 0 bridgehead atoms. The normalized spacial score (nSPS) is 18.4. The topological polar surface area (TPSA) is 59.2 Å². The predicted molar refractivity (Wildman–Crippen MR) is 72.9 cm³/mol. The van der Waals surface area contributed by atoms with Crippen molar-refractivity contribution in [1.82, 2.24) is 15.0 Å². The fraction of sp³-hybridized carbons (Fsp3) is 0.400. The lowest BCUT2D eigenvalue weighted by molar-refractivity contribution is -0.131. The first kappa shape index (κ1) is 12.8. The first-order chi connectivity index (χ1) is 9.74. The van der Waals surface area contributed by atoms with Gasteiger partial charge in [-0.1, -0.05) is 11.2 Å². The maximum absolute atomic E-state index is 12.4. The molecule has 0 unspecified atom stereocenters. The van der Waals surface area contributed by atoms with Gasteiger partial charge >= 0.3 is 0 Å². The van der Waals surface area contributed by atoms with E-state index in [4.69, 9.17) is 4.52 Å². The van der Waals surface area contributed by atoms with Crippen LogP contribution in [0.2, 0.25) is 0 Å². The van der Waals surface area contributed by atoms with E-state index < -0.39 is 0 Å². The van der Waals surface area contributed by atoms with Crippen molar-refractivity contribution in [2.45, 2.75) is 32.2 Å². The molecule has 5 nitrogen and oxygen atoms in total. The van der Waals surface area contributed by atoms with Crippen LogP contribution in [0.1, 0.15) is 36.0 Å². The molecule has 0 aliphatic carbocycles. The molecule has 0 radical (unpaired) electrons. The third kappa shape index (κ3) is 2.57. The molecule has 3 rings (SSSR count). The van der Waals surface area contributed by atoms with Crippen LogP contribution < -0.4 is 0 Å². The Labute approximate surface area is 117 Å². The van der Waals surface area contributed by atoms with Gasteiger partial charge < -0.3 is 9.42 Å². The van der Waals surface area contributed by atoms with E-state index in [1.807, 2.05) is 36.1 Å². The maximum atomic E-state index is 12.4. The summed E-state index contributed by atoms with van der Waals surface area (Å²) in [5, 5.41) is 3.82. The third-order valence-corrected chi connectivity index (χ3v) is 3.60. The summed E-state index contributed by atoms with van der Waals surface area (Å²) in [6.07, 6.45) is 4.03. The van der Waals surface area contributed by atoms with Gasteiger partial charge in [-0.3, -0.25) is 9.78 Å². The van der Waals surface area contributed by atoms with Crippen molar-refractivity contribution >= 4 is 5.91 Å². The Hall–Kier alpha value is -2.17. The Kier molecular flexibility index (Phi) is 3.50. The maximum Gasteiger partial charge on any atom is 0.230 e. The SMILES string of the molecule is Cc1cc(CC(=O)N2CCC[C@@H]2c2ccccn2)on1. The van der Waals surface area contributed by atoms with Gasteiger partial charge in [0.2, 0.25) is 5.91 Å². The van der Waals surface area contributed by atoms with Gasteiger partial charge in [0.15, 0.2) is 0 Å². The summed E-state index contributed by atoms with van der Waals surface area (Å²) in [5.41, 5.74) is 1.77. The van der Waals surface area contributed by atoms with E-state index >= 15 is 0 Å². The second-order valence-electron chi connectivity index (χ2n) is 5.11. The number of likely N-dealkylation sites (tertiary alicyclic amines) is 1. The molecule has 1 fully saturated rings. The number of amides is 1. The number of pyridine rings is 1. The number of nitrogens with zero attached hydrogens (tertiary/aromatic N) is 3.